The van der Waals surface area contributed by atoms with Crippen LogP contribution in [-0.2, 0) is 22.5 Å². The zero-order valence-electron chi connectivity index (χ0n) is 13.7. The topological polar surface area (TPSA) is 83.5 Å². The molecule has 1 heterocycles. The van der Waals surface area contributed by atoms with Gasteiger partial charge in [0.15, 0.2) is 0 Å². The average Bonchev–Trinajstić information content (AvgIpc) is 3.00. The highest BCUT2D eigenvalue weighted by Crippen LogP contribution is 2.15. The molecule has 0 unspecified atom stereocenters. The minimum Gasteiger partial charge on any atom is -0.394 e. The lowest BCUT2D eigenvalue weighted by atomic mass is 10.2. The number of benzene rings is 1. The van der Waals surface area contributed by atoms with E-state index in [2.05, 4.69) is 15.6 Å². The number of nitrogens with zero attached hydrogens (tertiary/aromatic N) is 1. The van der Waals surface area contributed by atoms with Crippen LogP contribution in [0, 0.1) is 6.92 Å². The average molecular weight is 349 g/mol. The van der Waals surface area contributed by atoms with Crippen molar-refractivity contribution in [1.82, 2.24) is 10.3 Å². The van der Waals surface area contributed by atoms with Crippen LogP contribution in [0.2, 0.25) is 0 Å². The Kier molecular flexibility index (Phi) is 7.84. The van der Waals surface area contributed by atoms with Crippen LogP contribution in [-0.4, -0.2) is 42.4 Å². The number of thiazole rings is 1. The maximum atomic E-state index is 12.1. The van der Waals surface area contributed by atoms with Crippen LogP contribution in [0.5, 0.6) is 0 Å². The van der Waals surface area contributed by atoms with Gasteiger partial charge in [-0.3, -0.25) is 4.79 Å². The first-order valence-corrected chi connectivity index (χ1v) is 8.75. The molecule has 7 heteroatoms. The second-order valence-electron chi connectivity index (χ2n) is 5.29. The fourth-order valence-corrected chi connectivity index (χ4v) is 2.88. The molecule has 24 heavy (non-hydrogen) atoms. The molecule has 1 aromatic heterocycles. The van der Waals surface area contributed by atoms with E-state index in [-0.39, 0.29) is 18.9 Å². The number of rotatable bonds is 10. The summed E-state index contributed by atoms with van der Waals surface area (Å²) in [5, 5.41) is 17.5. The quantitative estimate of drug-likeness (QED) is 0.569. The molecule has 0 aliphatic rings. The fourth-order valence-electron chi connectivity index (χ4n) is 2.08. The molecule has 0 aliphatic heterocycles. The number of amides is 1. The summed E-state index contributed by atoms with van der Waals surface area (Å²) in [4.78, 5) is 16.6. The number of aromatic nitrogens is 1. The number of carbonyl (C=O) groups excluding carboxylic acids is 1. The lowest BCUT2D eigenvalue weighted by Crippen LogP contribution is -2.20. The third kappa shape index (κ3) is 6.37. The Balaban J connectivity index is 1.73. The van der Waals surface area contributed by atoms with Crippen LogP contribution < -0.4 is 10.6 Å². The molecule has 2 rings (SSSR count). The Morgan fingerprint density at radius 3 is 2.96 bits per heavy atom. The predicted molar refractivity (Wildman–Crippen MR) is 95.2 cm³/mol. The van der Waals surface area contributed by atoms with E-state index in [0.717, 1.165) is 22.0 Å². The third-order valence-corrected chi connectivity index (χ3v) is 4.19. The Hall–Kier alpha value is -1.80. The lowest BCUT2D eigenvalue weighted by Gasteiger charge is -2.06. The summed E-state index contributed by atoms with van der Waals surface area (Å²) in [6, 6.07) is 7.70. The van der Waals surface area contributed by atoms with Gasteiger partial charge >= 0.3 is 0 Å². The molecule has 1 aromatic carbocycles. The molecule has 0 bridgehead atoms. The van der Waals surface area contributed by atoms with Gasteiger partial charge in [0.25, 0.3) is 0 Å². The van der Waals surface area contributed by atoms with E-state index in [1.165, 1.54) is 11.3 Å². The number of aliphatic hydroxyl groups excluding tert-OH is 1. The molecule has 130 valence electrons. The minimum absolute atomic E-state index is 0.0417. The molecule has 2 aromatic rings. The van der Waals surface area contributed by atoms with Gasteiger partial charge in [-0.25, -0.2) is 4.98 Å². The van der Waals surface area contributed by atoms with Crippen LogP contribution in [0.25, 0.3) is 0 Å². The summed E-state index contributed by atoms with van der Waals surface area (Å²) in [6.07, 6.45) is 0.276. The van der Waals surface area contributed by atoms with Crippen LogP contribution in [0.3, 0.4) is 0 Å². The van der Waals surface area contributed by atoms with E-state index < -0.39 is 0 Å². The number of hydrogen-bond acceptors (Lipinski definition) is 6. The first kappa shape index (κ1) is 18.5. The summed E-state index contributed by atoms with van der Waals surface area (Å²) >= 11 is 1.49. The predicted octanol–water partition coefficient (Wildman–Crippen LogP) is 1.73. The number of aliphatic hydroxyl groups is 1. The van der Waals surface area contributed by atoms with Crippen LogP contribution in [0.15, 0.2) is 29.6 Å². The molecule has 0 fully saturated rings. The van der Waals surface area contributed by atoms with Gasteiger partial charge in [0.05, 0.1) is 31.9 Å². The monoisotopic (exact) mass is 349 g/mol. The van der Waals surface area contributed by atoms with E-state index in [1.54, 1.807) is 0 Å². The van der Waals surface area contributed by atoms with E-state index in [9.17, 15) is 4.79 Å². The Morgan fingerprint density at radius 1 is 1.33 bits per heavy atom. The molecule has 0 radical (unpaired) electrons. The standard InChI is InChI=1S/C17H23N3O3S/c1-13-4-2-3-5-15(13)20-16(22)10-17-19-14(12-24-17)11-18-6-8-23-9-7-21/h2-5,12,18,21H,6-11H2,1H3,(H,20,22). The highest BCUT2D eigenvalue weighted by molar-refractivity contribution is 7.09. The number of aryl methyl sites for hydroxylation is 1. The highest BCUT2D eigenvalue weighted by Gasteiger charge is 2.09. The van der Waals surface area contributed by atoms with E-state index in [1.807, 2.05) is 36.6 Å². The Labute approximate surface area is 145 Å². The molecule has 3 N–H and O–H groups in total. The summed E-state index contributed by atoms with van der Waals surface area (Å²) in [6.45, 7) is 4.25. The maximum absolute atomic E-state index is 12.1. The fraction of sp³-hybridized carbons (Fsp3) is 0.412. The van der Waals surface area contributed by atoms with Crippen LogP contribution in [0.4, 0.5) is 5.69 Å². The number of hydrogen-bond donors (Lipinski definition) is 3. The van der Waals surface area contributed by atoms with Gasteiger partial charge in [-0.05, 0) is 18.6 Å². The molecule has 0 saturated heterocycles. The first-order chi connectivity index (χ1) is 11.7. The Morgan fingerprint density at radius 2 is 2.17 bits per heavy atom. The highest BCUT2D eigenvalue weighted by atomic mass is 32.1. The Bertz CT molecular complexity index is 646. The SMILES string of the molecule is Cc1ccccc1NC(=O)Cc1nc(CNCCOCCO)cs1. The first-order valence-electron chi connectivity index (χ1n) is 7.87. The normalized spacial score (nSPS) is 10.8. The molecule has 6 nitrogen and oxygen atoms in total. The number of nitrogens with one attached hydrogen (secondary N) is 2. The van der Waals surface area contributed by atoms with Gasteiger partial charge < -0.3 is 20.5 Å². The van der Waals surface area contributed by atoms with Crippen molar-refractivity contribution in [3.63, 3.8) is 0 Å². The van der Waals surface area contributed by atoms with Crippen LogP contribution in [0.1, 0.15) is 16.3 Å². The number of anilines is 1. The van der Waals surface area contributed by atoms with E-state index >= 15 is 0 Å². The smallest absolute Gasteiger partial charge is 0.231 e. The van der Waals surface area contributed by atoms with Crippen molar-refractivity contribution < 1.29 is 14.6 Å². The third-order valence-electron chi connectivity index (χ3n) is 3.30. The molecule has 0 spiro atoms. The molecule has 0 atom stereocenters. The maximum Gasteiger partial charge on any atom is 0.231 e. The van der Waals surface area contributed by atoms with Gasteiger partial charge in [0, 0.05) is 24.2 Å². The van der Waals surface area contributed by atoms with Crippen molar-refractivity contribution in [3.8, 4) is 0 Å². The second-order valence-corrected chi connectivity index (χ2v) is 6.23. The van der Waals surface area contributed by atoms with Crippen molar-refractivity contribution in [1.29, 1.82) is 0 Å². The zero-order valence-corrected chi connectivity index (χ0v) is 14.6. The van der Waals surface area contributed by atoms with E-state index in [0.29, 0.717) is 26.3 Å². The summed E-state index contributed by atoms with van der Waals surface area (Å²) in [5.74, 6) is -0.0597. The molecule has 1 amide bonds. The van der Waals surface area contributed by atoms with Gasteiger partial charge in [0.2, 0.25) is 5.91 Å². The number of para-hydroxylation sites is 1. The largest absolute Gasteiger partial charge is 0.394 e. The summed E-state index contributed by atoms with van der Waals surface area (Å²) in [5.41, 5.74) is 2.79. The second kappa shape index (κ2) is 10.1. The van der Waals surface area contributed by atoms with Gasteiger partial charge in [-0.1, -0.05) is 18.2 Å². The molecular weight excluding hydrogens is 326 g/mol. The van der Waals surface area contributed by atoms with Crippen LogP contribution >= 0.6 is 11.3 Å². The van der Waals surface area contributed by atoms with Crippen molar-refractivity contribution in [3.05, 3.63) is 45.9 Å². The van der Waals surface area contributed by atoms with E-state index in [4.69, 9.17) is 9.84 Å². The van der Waals surface area contributed by atoms with Gasteiger partial charge in [0.1, 0.15) is 5.01 Å². The number of carbonyl (C=O) groups is 1. The molecular formula is C17H23N3O3S. The van der Waals surface area contributed by atoms with Gasteiger partial charge in [-0.15, -0.1) is 11.3 Å². The zero-order chi connectivity index (χ0) is 17.2. The van der Waals surface area contributed by atoms with Crippen molar-refractivity contribution >= 4 is 22.9 Å². The molecule has 0 saturated carbocycles. The lowest BCUT2D eigenvalue weighted by molar-refractivity contribution is -0.115. The van der Waals surface area contributed by atoms with Gasteiger partial charge in [-0.2, -0.15) is 0 Å². The summed E-state index contributed by atoms with van der Waals surface area (Å²) in [7, 11) is 0. The summed E-state index contributed by atoms with van der Waals surface area (Å²) < 4.78 is 5.16. The number of ether oxygens (including phenoxy) is 1. The van der Waals surface area contributed by atoms with Crippen molar-refractivity contribution in [2.75, 3.05) is 31.7 Å². The van der Waals surface area contributed by atoms with Crippen molar-refractivity contribution in [2.45, 2.75) is 19.9 Å². The minimum atomic E-state index is -0.0597. The molecule has 0 aliphatic carbocycles. The van der Waals surface area contributed by atoms with Crippen molar-refractivity contribution in [2.24, 2.45) is 0 Å².